The van der Waals surface area contributed by atoms with Gasteiger partial charge in [0.1, 0.15) is 5.54 Å². The van der Waals surface area contributed by atoms with E-state index in [1.165, 1.54) is 16.0 Å². The summed E-state index contributed by atoms with van der Waals surface area (Å²) < 4.78 is 0. The number of piperazine rings is 1. The van der Waals surface area contributed by atoms with Gasteiger partial charge in [-0.05, 0) is 42.7 Å². The lowest BCUT2D eigenvalue weighted by Crippen LogP contribution is -2.51. The summed E-state index contributed by atoms with van der Waals surface area (Å²) in [5, 5.41) is 2.93. The predicted octanol–water partition coefficient (Wildman–Crippen LogP) is 3.63. The van der Waals surface area contributed by atoms with Crippen LogP contribution in [-0.2, 0) is 11.3 Å². The molecular formula is C24H38N4O2. The molecule has 0 radical (unpaired) electrons. The molecule has 6 heteroatoms. The van der Waals surface area contributed by atoms with Crippen molar-refractivity contribution in [1.29, 1.82) is 0 Å². The van der Waals surface area contributed by atoms with E-state index in [1.807, 2.05) is 6.92 Å². The minimum absolute atomic E-state index is 0.0826. The maximum atomic E-state index is 12.9. The van der Waals surface area contributed by atoms with Crippen molar-refractivity contribution in [2.45, 2.75) is 65.5 Å². The molecule has 0 bridgehead atoms. The van der Waals surface area contributed by atoms with Gasteiger partial charge in [0.25, 0.3) is 5.91 Å². The normalized spacial score (nSPS) is 23.6. The molecule has 2 heterocycles. The van der Waals surface area contributed by atoms with E-state index in [1.54, 1.807) is 0 Å². The molecule has 0 unspecified atom stereocenters. The summed E-state index contributed by atoms with van der Waals surface area (Å²) in [5.74, 6) is 0.983. The molecule has 2 saturated heterocycles. The van der Waals surface area contributed by atoms with E-state index in [2.05, 4.69) is 67.1 Å². The largest absolute Gasteiger partial charge is 0.326 e. The van der Waals surface area contributed by atoms with Crippen LogP contribution in [0, 0.1) is 5.92 Å². The third-order valence-electron chi connectivity index (χ3n) is 6.43. The van der Waals surface area contributed by atoms with E-state index < -0.39 is 5.54 Å². The summed E-state index contributed by atoms with van der Waals surface area (Å²) in [7, 11) is 0. The Morgan fingerprint density at radius 1 is 0.967 bits per heavy atom. The molecular weight excluding hydrogens is 376 g/mol. The first kappa shape index (κ1) is 22.8. The molecule has 0 saturated carbocycles. The molecule has 1 aromatic rings. The topological polar surface area (TPSA) is 55.9 Å². The maximum Gasteiger partial charge on any atom is 0.326 e. The number of rotatable bonds is 8. The van der Waals surface area contributed by atoms with E-state index in [9.17, 15) is 9.59 Å². The van der Waals surface area contributed by atoms with Crippen LogP contribution < -0.4 is 5.32 Å². The van der Waals surface area contributed by atoms with Gasteiger partial charge < -0.3 is 5.32 Å². The molecule has 0 aliphatic carbocycles. The van der Waals surface area contributed by atoms with Crippen LogP contribution in [0.15, 0.2) is 24.3 Å². The van der Waals surface area contributed by atoms with Gasteiger partial charge in [-0.1, -0.05) is 52.0 Å². The van der Waals surface area contributed by atoms with Crippen molar-refractivity contribution in [1.82, 2.24) is 20.0 Å². The zero-order valence-electron chi connectivity index (χ0n) is 19.3. The first-order valence-corrected chi connectivity index (χ1v) is 11.4. The van der Waals surface area contributed by atoms with Gasteiger partial charge in [0.2, 0.25) is 0 Å². The first-order valence-electron chi connectivity index (χ1n) is 11.4. The van der Waals surface area contributed by atoms with Crippen LogP contribution >= 0.6 is 0 Å². The molecule has 30 heavy (non-hydrogen) atoms. The lowest BCUT2D eigenvalue weighted by Gasteiger charge is -2.36. The molecule has 2 aliphatic rings. The SMILES string of the molecule is CC(C)CC[C@@]1(C)NC(=O)N(CN2CCN(Cc3ccc(C(C)C)cc3)CC2)C1=O. The minimum Gasteiger partial charge on any atom is -0.323 e. The van der Waals surface area contributed by atoms with Crippen molar-refractivity contribution in [2.75, 3.05) is 32.8 Å². The second-order valence-corrected chi connectivity index (χ2v) is 9.86. The molecule has 3 amide bonds. The van der Waals surface area contributed by atoms with Gasteiger partial charge in [-0.2, -0.15) is 0 Å². The van der Waals surface area contributed by atoms with Crippen molar-refractivity contribution in [3.8, 4) is 0 Å². The first-order chi connectivity index (χ1) is 14.2. The minimum atomic E-state index is -0.759. The number of urea groups is 1. The Bertz CT molecular complexity index is 738. The van der Waals surface area contributed by atoms with Crippen LogP contribution in [0.1, 0.15) is 64.5 Å². The average Bonchev–Trinajstić information content (AvgIpc) is 2.92. The molecule has 3 rings (SSSR count). The Hall–Kier alpha value is -1.92. The summed E-state index contributed by atoms with van der Waals surface area (Å²) in [6.07, 6.45) is 1.61. The molecule has 1 N–H and O–H groups in total. The standard InChI is InChI=1S/C24H38N4O2/c1-18(2)10-11-24(5)22(29)28(23(30)25-24)17-27-14-12-26(13-15-27)16-20-6-8-21(9-7-20)19(3)4/h6-9,18-19H,10-17H2,1-5H3,(H,25,30)/t24-/m1/s1. The lowest BCUT2D eigenvalue weighted by molar-refractivity contribution is -0.132. The second-order valence-electron chi connectivity index (χ2n) is 9.86. The van der Waals surface area contributed by atoms with Crippen molar-refractivity contribution < 1.29 is 9.59 Å². The van der Waals surface area contributed by atoms with Crippen LogP contribution in [0.5, 0.6) is 0 Å². The van der Waals surface area contributed by atoms with Gasteiger partial charge in [0, 0.05) is 32.7 Å². The molecule has 1 aromatic carbocycles. The van der Waals surface area contributed by atoms with Crippen LogP contribution in [0.2, 0.25) is 0 Å². The molecule has 0 spiro atoms. The summed E-state index contributed by atoms with van der Waals surface area (Å²) in [5.41, 5.74) is 1.95. The number of imide groups is 1. The number of carbonyl (C=O) groups is 2. The van der Waals surface area contributed by atoms with Crippen molar-refractivity contribution in [3.63, 3.8) is 0 Å². The van der Waals surface area contributed by atoms with Gasteiger partial charge in [-0.15, -0.1) is 0 Å². The average molecular weight is 415 g/mol. The van der Waals surface area contributed by atoms with Crippen LogP contribution in [0.25, 0.3) is 0 Å². The smallest absolute Gasteiger partial charge is 0.323 e. The van der Waals surface area contributed by atoms with E-state index in [0.717, 1.165) is 39.1 Å². The molecule has 0 aromatic heterocycles. The Balaban J connectivity index is 1.48. The third-order valence-corrected chi connectivity index (χ3v) is 6.43. The Morgan fingerprint density at radius 2 is 1.57 bits per heavy atom. The van der Waals surface area contributed by atoms with Gasteiger partial charge in [0.15, 0.2) is 0 Å². The molecule has 1 atom stereocenters. The number of nitrogens with zero attached hydrogens (tertiary/aromatic N) is 3. The van der Waals surface area contributed by atoms with E-state index in [0.29, 0.717) is 24.9 Å². The fourth-order valence-electron chi connectivity index (χ4n) is 4.18. The van der Waals surface area contributed by atoms with E-state index in [4.69, 9.17) is 0 Å². The Morgan fingerprint density at radius 3 is 2.13 bits per heavy atom. The maximum absolute atomic E-state index is 12.9. The summed E-state index contributed by atoms with van der Waals surface area (Å²) in [4.78, 5) is 31.4. The number of benzene rings is 1. The third kappa shape index (κ3) is 5.41. The zero-order valence-corrected chi connectivity index (χ0v) is 19.3. The molecule has 6 nitrogen and oxygen atoms in total. The monoisotopic (exact) mass is 414 g/mol. The highest BCUT2D eigenvalue weighted by atomic mass is 16.2. The molecule has 2 aliphatic heterocycles. The van der Waals surface area contributed by atoms with Gasteiger partial charge in [-0.3, -0.25) is 14.6 Å². The van der Waals surface area contributed by atoms with E-state index >= 15 is 0 Å². The summed E-state index contributed by atoms with van der Waals surface area (Å²) >= 11 is 0. The van der Waals surface area contributed by atoms with Crippen molar-refractivity contribution in [3.05, 3.63) is 35.4 Å². The van der Waals surface area contributed by atoms with Crippen LogP contribution in [-0.4, -0.2) is 65.0 Å². The fourth-order valence-corrected chi connectivity index (χ4v) is 4.18. The van der Waals surface area contributed by atoms with Crippen molar-refractivity contribution in [2.24, 2.45) is 5.92 Å². The number of nitrogens with one attached hydrogen (secondary N) is 1. The number of amides is 3. The van der Waals surface area contributed by atoms with Gasteiger partial charge in [-0.25, -0.2) is 9.69 Å². The zero-order chi connectivity index (χ0) is 21.9. The Kier molecular flexibility index (Phi) is 7.19. The quantitative estimate of drug-likeness (QED) is 0.660. The van der Waals surface area contributed by atoms with Crippen molar-refractivity contribution >= 4 is 11.9 Å². The van der Waals surface area contributed by atoms with E-state index in [-0.39, 0.29) is 11.9 Å². The van der Waals surface area contributed by atoms with Gasteiger partial charge in [0.05, 0.1) is 6.67 Å². The van der Waals surface area contributed by atoms with Gasteiger partial charge >= 0.3 is 6.03 Å². The highest BCUT2D eigenvalue weighted by molar-refractivity contribution is 6.06. The Labute approximate surface area is 181 Å². The predicted molar refractivity (Wildman–Crippen MR) is 120 cm³/mol. The fraction of sp³-hybridized carbons (Fsp3) is 0.667. The second kappa shape index (κ2) is 9.48. The summed E-state index contributed by atoms with van der Waals surface area (Å²) in [6.45, 7) is 15.5. The molecule has 2 fully saturated rings. The number of hydrogen-bond donors (Lipinski definition) is 1. The summed E-state index contributed by atoms with van der Waals surface area (Å²) in [6, 6.07) is 8.66. The van der Waals surface area contributed by atoms with Crippen LogP contribution in [0.4, 0.5) is 4.79 Å². The molecule has 166 valence electrons. The highest BCUT2D eigenvalue weighted by Gasteiger charge is 2.47. The number of hydrogen-bond acceptors (Lipinski definition) is 4. The highest BCUT2D eigenvalue weighted by Crippen LogP contribution is 2.25. The number of carbonyl (C=O) groups excluding carboxylic acids is 2. The van der Waals surface area contributed by atoms with Crippen LogP contribution in [0.3, 0.4) is 0 Å². The lowest BCUT2D eigenvalue weighted by atomic mass is 9.92.